The molecule has 1 unspecified atom stereocenters. The van der Waals surface area contributed by atoms with E-state index in [4.69, 9.17) is 21.4 Å². The number of hydrogen-bond acceptors (Lipinski definition) is 4. The minimum atomic E-state index is -0.537. The van der Waals surface area contributed by atoms with E-state index in [1.807, 2.05) is 4.90 Å². The fraction of sp³-hybridized carbons (Fsp3) is 1.00. The number of alkyl halides is 1. The zero-order valence-corrected chi connectivity index (χ0v) is 8.70. The Hall–Kier alpha value is 0.130. The molecule has 5 heteroatoms. The van der Waals surface area contributed by atoms with Crippen molar-refractivity contribution in [1.29, 1.82) is 0 Å². The summed E-state index contributed by atoms with van der Waals surface area (Å²) in [6, 6.07) is 0. The molecule has 0 aromatic rings. The lowest BCUT2D eigenvalue weighted by molar-refractivity contribution is 0.0872. The lowest BCUT2D eigenvalue weighted by Gasteiger charge is -2.22. The van der Waals surface area contributed by atoms with Crippen LogP contribution in [-0.4, -0.2) is 67.1 Å². The zero-order chi connectivity index (χ0) is 10.1. The van der Waals surface area contributed by atoms with Gasteiger partial charge in [-0.1, -0.05) is 0 Å². The molecule has 1 atom stereocenters. The fourth-order valence-electron chi connectivity index (χ4n) is 1.00. The van der Waals surface area contributed by atoms with Crippen LogP contribution in [0.3, 0.4) is 0 Å². The first-order valence-corrected chi connectivity index (χ1v) is 4.84. The molecule has 2 N–H and O–H groups in total. The molecule has 0 bridgehead atoms. The number of halogens is 1. The van der Waals surface area contributed by atoms with Gasteiger partial charge < -0.3 is 14.9 Å². The van der Waals surface area contributed by atoms with Gasteiger partial charge in [-0.2, -0.15) is 0 Å². The number of ether oxygens (including phenoxy) is 1. The predicted molar refractivity (Wildman–Crippen MR) is 52.1 cm³/mol. The maximum atomic E-state index is 9.26. The fourth-order valence-corrected chi connectivity index (χ4v) is 1.10. The van der Waals surface area contributed by atoms with E-state index in [1.165, 1.54) is 0 Å². The molecule has 0 rings (SSSR count). The molecule has 0 aliphatic heterocycles. The molecule has 0 radical (unpaired) electrons. The van der Waals surface area contributed by atoms with Crippen LogP contribution < -0.4 is 0 Å². The molecule has 0 amide bonds. The van der Waals surface area contributed by atoms with Crippen molar-refractivity contribution in [2.24, 2.45) is 0 Å². The van der Waals surface area contributed by atoms with Gasteiger partial charge in [0, 0.05) is 32.6 Å². The van der Waals surface area contributed by atoms with Gasteiger partial charge in [0.15, 0.2) is 0 Å². The van der Waals surface area contributed by atoms with Gasteiger partial charge >= 0.3 is 0 Å². The highest BCUT2D eigenvalue weighted by atomic mass is 35.5. The van der Waals surface area contributed by atoms with Crippen molar-refractivity contribution in [2.45, 2.75) is 6.10 Å². The van der Waals surface area contributed by atoms with Crippen LogP contribution in [0, 0.1) is 0 Å². The topological polar surface area (TPSA) is 52.9 Å². The largest absolute Gasteiger partial charge is 0.395 e. The van der Waals surface area contributed by atoms with Gasteiger partial charge in [-0.05, 0) is 0 Å². The molecule has 0 aliphatic carbocycles. The van der Waals surface area contributed by atoms with E-state index in [1.54, 1.807) is 7.11 Å². The molecule has 0 aromatic heterocycles. The quantitative estimate of drug-likeness (QED) is 0.533. The third kappa shape index (κ3) is 7.22. The third-order valence-corrected chi connectivity index (χ3v) is 2.03. The van der Waals surface area contributed by atoms with Crippen LogP contribution in [0.5, 0.6) is 0 Å². The van der Waals surface area contributed by atoms with Gasteiger partial charge in [-0.25, -0.2) is 0 Å². The lowest BCUT2D eigenvalue weighted by atomic mass is 10.3. The molecule has 4 nitrogen and oxygen atoms in total. The maximum Gasteiger partial charge on any atom is 0.0802 e. The predicted octanol–water partition coefficient (Wildman–Crippen LogP) is -0.473. The highest BCUT2D eigenvalue weighted by Gasteiger charge is 2.09. The molecule has 0 aromatic carbocycles. The average Bonchev–Trinajstić information content (AvgIpc) is 2.14. The highest BCUT2D eigenvalue weighted by Crippen LogP contribution is 1.94. The van der Waals surface area contributed by atoms with Crippen LogP contribution >= 0.6 is 11.6 Å². The van der Waals surface area contributed by atoms with E-state index in [-0.39, 0.29) is 12.5 Å². The van der Waals surface area contributed by atoms with E-state index < -0.39 is 6.10 Å². The van der Waals surface area contributed by atoms with Crippen LogP contribution in [0.2, 0.25) is 0 Å². The van der Waals surface area contributed by atoms with Crippen LogP contribution in [0.4, 0.5) is 0 Å². The first-order valence-electron chi connectivity index (χ1n) is 4.30. The van der Waals surface area contributed by atoms with Gasteiger partial charge in [-0.15, -0.1) is 11.6 Å². The van der Waals surface area contributed by atoms with Crippen LogP contribution in [0.15, 0.2) is 0 Å². The van der Waals surface area contributed by atoms with Gasteiger partial charge in [-0.3, -0.25) is 4.90 Å². The molecule has 0 fully saturated rings. The van der Waals surface area contributed by atoms with E-state index >= 15 is 0 Å². The Balaban J connectivity index is 3.65. The summed E-state index contributed by atoms with van der Waals surface area (Å²) in [5, 5.41) is 18.0. The highest BCUT2D eigenvalue weighted by molar-refractivity contribution is 6.18. The number of rotatable bonds is 8. The first-order chi connectivity index (χ1) is 6.24. The van der Waals surface area contributed by atoms with Crippen molar-refractivity contribution >= 4 is 11.6 Å². The van der Waals surface area contributed by atoms with Crippen molar-refractivity contribution in [3.8, 4) is 0 Å². The van der Waals surface area contributed by atoms with Crippen molar-refractivity contribution in [3.05, 3.63) is 0 Å². The van der Waals surface area contributed by atoms with Crippen molar-refractivity contribution in [1.82, 2.24) is 4.90 Å². The monoisotopic (exact) mass is 211 g/mol. The Labute approximate surface area is 84.1 Å². The summed E-state index contributed by atoms with van der Waals surface area (Å²) in [5.41, 5.74) is 0. The molecule has 0 spiro atoms. The number of aliphatic hydroxyl groups excluding tert-OH is 2. The minimum absolute atomic E-state index is 0.0821. The van der Waals surface area contributed by atoms with E-state index in [0.29, 0.717) is 26.2 Å². The standard InChI is InChI=1S/C8H18ClNO3/c1-13-5-3-10(2-4-11)7-8(12)6-9/h8,11-12H,2-7H2,1H3. The molecule has 0 saturated heterocycles. The molecule has 13 heavy (non-hydrogen) atoms. The number of methoxy groups -OCH3 is 1. The van der Waals surface area contributed by atoms with Crippen LogP contribution in [-0.2, 0) is 4.74 Å². The van der Waals surface area contributed by atoms with E-state index in [9.17, 15) is 5.11 Å². The Morgan fingerprint density at radius 2 is 2.15 bits per heavy atom. The normalized spacial score (nSPS) is 13.6. The Morgan fingerprint density at radius 3 is 2.62 bits per heavy atom. The summed E-state index contributed by atoms with van der Waals surface area (Å²) < 4.78 is 4.90. The van der Waals surface area contributed by atoms with Gasteiger partial charge in [0.05, 0.1) is 19.3 Å². The van der Waals surface area contributed by atoms with Crippen molar-refractivity contribution in [3.63, 3.8) is 0 Å². The molecule has 80 valence electrons. The first kappa shape index (κ1) is 13.1. The summed E-state index contributed by atoms with van der Waals surface area (Å²) in [6.45, 7) is 2.39. The third-order valence-electron chi connectivity index (χ3n) is 1.67. The molecular formula is C8H18ClNO3. The number of nitrogens with zero attached hydrogens (tertiary/aromatic N) is 1. The van der Waals surface area contributed by atoms with Crippen molar-refractivity contribution in [2.75, 3.05) is 45.8 Å². The molecule has 0 saturated carbocycles. The summed E-state index contributed by atoms with van der Waals surface area (Å²) in [5.74, 6) is 0.217. The van der Waals surface area contributed by atoms with Crippen LogP contribution in [0.1, 0.15) is 0 Å². The maximum absolute atomic E-state index is 9.26. The average molecular weight is 212 g/mol. The number of aliphatic hydroxyl groups is 2. The summed E-state index contributed by atoms with van der Waals surface area (Å²) in [6.07, 6.45) is -0.537. The van der Waals surface area contributed by atoms with Gasteiger partial charge in [0.25, 0.3) is 0 Å². The minimum Gasteiger partial charge on any atom is -0.395 e. The summed E-state index contributed by atoms with van der Waals surface area (Å²) >= 11 is 5.46. The molecule has 0 heterocycles. The van der Waals surface area contributed by atoms with Gasteiger partial charge in [0.1, 0.15) is 0 Å². The second-order valence-electron chi connectivity index (χ2n) is 2.83. The second kappa shape index (κ2) is 8.72. The van der Waals surface area contributed by atoms with E-state index in [2.05, 4.69) is 0 Å². The second-order valence-corrected chi connectivity index (χ2v) is 3.13. The Bertz CT molecular complexity index is 116. The molecule has 0 aliphatic rings. The zero-order valence-electron chi connectivity index (χ0n) is 7.95. The Kier molecular flexibility index (Phi) is 8.80. The van der Waals surface area contributed by atoms with Gasteiger partial charge in [0.2, 0.25) is 0 Å². The summed E-state index contributed by atoms with van der Waals surface area (Å²) in [4.78, 5) is 1.91. The molecular weight excluding hydrogens is 194 g/mol. The summed E-state index contributed by atoms with van der Waals surface area (Å²) in [7, 11) is 1.62. The number of hydrogen-bond donors (Lipinski definition) is 2. The lowest BCUT2D eigenvalue weighted by Crippen LogP contribution is -2.37. The van der Waals surface area contributed by atoms with E-state index in [0.717, 1.165) is 0 Å². The van der Waals surface area contributed by atoms with Crippen LogP contribution in [0.25, 0.3) is 0 Å². The SMILES string of the molecule is COCCN(CCO)CC(O)CCl. The Morgan fingerprint density at radius 1 is 1.46 bits per heavy atom. The smallest absolute Gasteiger partial charge is 0.0802 e. The van der Waals surface area contributed by atoms with Crippen molar-refractivity contribution < 1.29 is 14.9 Å².